The van der Waals surface area contributed by atoms with Crippen LogP contribution < -0.4 is 10.4 Å². The van der Waals surface area contributed by atoms with Crippen LogP contribution in [0.5, 0.6) is 0 Å². The molecule has 0 heterocycles. The van der Waals surface area contributed by atoms with Gasteiger partial charge in [-0.05, 0) is 92.3 Å². The third kappa shape index (κ3) is 3.89. The van der Waals surface area contributed by atoms with Crippen molar-refractivity contribution in [1.29, 1.82) is 0 Å². The molecular formula is C34H34O2. The minimum atomic E-state index is -0.634. The van der Waals surface area contributed by atoms with Crippen molar-refractivity contribution >= 4 is 22.9 Å². The quantitative estimate of drug-likeness (QED) is 0.272. The molecule has 1 unspecified atom stereocenters. The van der Waals surface area contributed by atoms with Crippen LogP contribution in [0.2, 0.25) is 0 Å². The van der Waals surface area contributed by atoms with Crippen molar-refractivity contribution in [3.8, 4) is 11.1 Å². The van der Waals surface area contributed by atoms with Gasteiger partial charge >= 0.3 is 0 Å². The van der Waals surface area contributed by atoms with Crippen LogP contribution in [-0.2, 0) is 22.3 Å². The van der Waals surface area contributed by atoms with Gasteiger partial charge in [-0.15, -0.1) is 0 Å². The van der Waals surface area contributed by atoms with E-state index in [0.717, 1.165) is 12.8 Å². The van der Waals surface area contributed by atoms with E-state index in [1.807, 2.05) is 0 Å². The number of hydrogen-bond donors (Lipinski definition) is 0. The van der Waals surface area contributed by atoms with Crippen LogP contribution in [0, 0.1) is 0 Å². The lowest BCUT2D eigenvalue weighted by atomic mass is 9.81. The monoisotopic (exact) mass is 474 g/mol. The first-order chi connectivity index (χ1) is 17.6. The Labute approximate surface area is 213 Å². The summed E-state index contributed by atoms with van der Waals surface area (Å²) in [7, 11) is 3.43. The fourth-order valence-corrected chi connectivity index (χ4v) is 6.32. The molecule has 0 aromatic heterocycles. The summed E-state index contributed by atoms with van der Waals surface area (Å²) in [5.74, 6) is 0.0385. The van der Waals surface area contributed by atoms with Gasteiger partial charge in [-0.2, -0.15) is 0 Å². The third-order valence-electron chi connectivity index (χ3n) is 8.39. The summed E-state index contributed by atoms with van der Waals surface area (Å²) >= 11 is 0. The first-order valence-corrected chi connectivity index (χ1v) is 13.2. The van der Waals surface area contributed by atoms with Crippen molar-refractivity contribution in [2.24, 2.45) is 0 Å². The van der Waals surface area contributed by atoms with E-state index in [-0.39, 0.29) is 0 Å². The Balaban J connectivity index is 0.000000155. The largest absolute Gasteiger partial charge is 0.349 e. The van der Waals surface area contributed by atoms with Crippen LogP contribution in [0.1, 0.15) is 54.4 Å². The number of ether oxygens (including phenoxy) is 2. The van der Waals surface area contributed by atoms with Gasteiger partial charge in [0.25, 0.3) is 0 Å². The molecule has 0 spiro atoms. The molecule has 0 aliphatic heterocycles. The second kappa shape index (κ2) is 9.35. The van der Waals surface area contributed by atoms with Gasteiger partial charge in [0.05, 0.1) is 0 Å². The summed E-state index contributed by atoms with van der Waals surface area (Å²) < 4.78 is 11.3. The van der Waals surface area contributed by atoms with Gasteiger partial charge in [0.1, 0.15) is 0 Å². The van der Waals surface area contributed by atoms with Gasteiger partial charge in [0.2, 0.25) is 0 Å². The molecule has 0 fully saturated rings. The Morgan fingerprint density at radius 2 is 1.44 bits per heavy atom. The number of methoxy groups -OCH3 is 2. The highest BCUT2D eigenvalue weighted by atomic mass is 16.7. The Hall–Kier alpha value is -3.20. The molecule has 0 radical (unpaired) electrons. The van der Waals surface area contributed by atoms with E-state index in [0.29, 0.717) is 5.92 Å². The van der Waals surface area contributed by atoms with E-state index < -0.39 is 5.79 Å². The molecule has 0 amide bonds. The average molecular weight is 475 g/mol. The summed E-state index contributed by atoms with van der Waals surface area (Å²) in [4.78, 5) is 0. The highest BCUT2D eigenvalue weighted by Crippen LogP contribution is 2.36. The number of fused-ring (bicyclic) bond motifs is 8. The molecule has 0 bridgehead atoms. The maximum absolute atomic E-state index is 5.65. The van der Waals surface area contributed by atoms with Gasteiger partial charge in [0, 0.05) is 20.6 Å². The lowest BCUT2D eigenvalue weighted by Gasteiger charge is -2.29. The first kappa shape index (κ1) is 23.2. The lowest BCUT2D eigenvalue weighted by molar-refractivity contribution is -0.152. The molecule has 3 aliphatic rings. The lowest BCUT2D eigenvalue weighted by Crippen LogP contribution is -2.41. The topological polar surface area (TPSA) is 18.5 Å². The van der Waals surface area contributed by atoms with Crippen LogP contribution in [0.25, 0.3) is 34.1 Å². The molecule has 1 atom stereocenters. The zero-order chi connectivity index (χ0) is 24.7. The summed E-state index contributed by atoms with van der Waals surface area (Å²) in [5.41, 5.74) is 8.83. The molecule has 36 heavy (non-hydrogen) atoms. The summed E-state index contributed by atoms with van der Waals surface area (Å²) in [6.07, 6.45) is 10.0. The van der Waals surface area contributed by atoms with Crippen LogP contribution in [0.3, 0.4) is 0 Å². The molecule has 3 aliphatic carbocycles. The van der Waals surface area contributed by atoms with Crippen molar-refractivity contribution in [2.75, 3.05) is 14.2 Å². The van der Waals surface area contributed by atoms with Gasteiger partial charge in [-0.1, -0.05) is 85.8 Å². The minimum Gasteiger partial charge on any atom is -0.349 e. The third-order valence-corrected chi connectivity index (χ3v) is 8.39. The molecule has 4 aromatic carbocycles. The Kier molecular flexibility index (Phi) is 6.03. The zero-order valence-electron chi connectivity index (χ0n) is 21.5. The average Bonchev–Trinajstić information content (AvgIpc) is 3.32. The molecule has 0 saturated heterocycles. The Morgan fingerprint density at radius 3 is 2.14 bits per heavy atom. The van der Waals surface area contributed by atoms with Crippen molar-refractivity contribution in [3.63, 3.8) is 0 Å². The number of hydrogen-bond acceptors (Lipinski definition) is 2. The zero-order valence-corrected chi connectivity index (χ0v) is 21.5. The van der Waals surface area contributed by atoms with Crippen LogP contribution in [0.4, 0.5) is 0 Å². The molecular weight excluding hydrogens is 440 g/mol. The standard InChI is InChI=1S/C21H24O2.C13H10/c1-14-5-4-6-17-16(14)9-10-19-18(17)8-7-15-11-12-21(22-2,23-3)13-20(15)19;1-3-7-12-10(5-1)9-11-6-2-4-8-13(11)12/h7-11,13-14H,4-6,12H2,1-3H3;1-8H,9H2. The van der Waals surface area contributed by atoms with E-state index in [1.54, 1.807) is 19.8 Å². The highest BCUT2D eigenvalue weighted by molar-refractivity contribution is 5.89. The molecule has 182 valence electrons. The van der Waals surface area contributed by atoms with Crippen LogP contribution in [-0.4, -0.2) is 20.0 Å². The molecule has 7 rings (SSSR count). The second-order valence-corrected chi connectivity index (χ2v) is 10.4. The van der Waals surface area contributed by atoms with Crippen molar-refractivity contribution in [2.45, 2.75) is 50.7 Å². The van der Waals surface area contributed by atoms with E-state index >= 15 is 0 Å². The smallest absolute Gasteiger partial charge is 0.191 e. The highest BCUT2D eigenvalue weighted by Gasteiger charge is 2.28. The van der Waals surface area contributed by atoms with Gasteiger partial charge in [-0.3, -0.25) is 0 Å². The Morgan fingerprint density at radius 1 is 0.778 bits per heavy atom. The normalized spacial score (nSPS) is 18.5. The van der Waals surface area contributed by atoms with Gasteiger partial charge in [-0.25, -0.2) is 0 Å². The summed E-state index contributed by atoms with van der Waals surface area (Å²) in [5, 5.41) is 5.26. The SMILES string of the molecule is COC1(OC)C=c2c(ccc3c4c(ccc23)C(C)CCC4)=CC1.c1ccc2c(c1)Cc1ccccc1-2. The summed E-state index contributed by atoms with van der Waals surface area (Å²) in [6.45, 7) is 2.35. The van der Waals surface area contributed by atoms with Crippen molar-refractivity contribution in [1.82, 2.24) is 0 Å². The van der Waals surface area contributed by atoms with Crippen LogP contribution >= 0.6 is 0 Å². The van der Waals surface area contributed by atoms with E-state index in [9.17, 15) is 0 Å². The predicted molar refractivity (Wildman–Crippen MR) is 150 cm³/mol. The molecule has 0 N–H and O–H groups in total. The second-order valence-electron chi connectivity index (χ2n) is 10.4. The summed E-state index contributed by atoms with van der Waals surface area (Å²) in [6, 6.07) is 26.5. The van der Waals surface area contributed by atoms with E-state index in [1.165, 1.54) is 68.3 Å². The van der Waals surface area contributed by atoms with E-state index in [2.05, 4.69) is 91.9 Å². The van der Waals surface area contributed by atoms with Crippen molar-refractivity contribution in [3.05, 3.63) is 105 Å². The van der Waals surface area contributed by atoms with E-state index in [4.69, 9.17) is 9.47 Å². The van der Waals surface area contributed by atoms with Gasteiger partial charge in [0.15, 0.2) is 5.79 Å². The fraction of sp³-hybridized carbons (Fsp3) is 0.294. The minimum absolute atomic E-state index is 0.634. The maximum Gasteiger partial charge on any atom is 0.191 e. The first-order valence-electron chi connectivity index (χ1n) is 13.2. The molecule has 0 saturated carbocycles. The maximum atomic E-state index is 5.65. The van der Waals surface area contributed by atoms with Crippen LogP contribution in [0.15, 0.2) is 72.8 Å². The predicted octanol–water partition coefficient (Wildman–Crippen LogP) is 6.49. The number of benzene rings is 4. The molecule has 4 aromatic rings. The fourth-order valence-electron chi connectivity index (χ4n) is 6.32. The van der Waals surface area contributed by atoms with Gasteiger partial charge < -0.3 is 9.47 Å². The van der Waals surface area contributed by atoms with Crippen molar-refractivity contribution < 1.29 is 9.47 Å². The number of rotatable bonds is 2. The molecule has 2 nitrogen and oxygen atoms in total. The number of aryl methyl sites for hydroxylation is 1. The Bertz CT molecular complexity index is 1510. The molecule has 2 heteroatoms.